The molecule has 8 heteroatoms. The number of amides is 1. The molecule has 0 aliphatic carbocycles. The van der Waals surface area contributed by atoms with Gasteiger partial charge < -0.3 is 15.2 Å². The number of hydrogen-bond donors (Lipinski definition) is 1. The Bertz CT molecular complexity index is 1340. The van der Waals surface area contributed by atoms with Crippen molar-refractivity contribution in [3.05, 3.63) is 99.0 Å². The smallest absolute Gasteiger partial charge is 0.404 e. The van der Waals surface area contributed by atoms with Crippen molar-refractivity contribution in [2.45, 2.75) is 64.3 Å². The van der Waals surface area contributed by atoms with Crippen LogP contribution in [0.2, 0.25) is 10.0 Å². The van der Waals surface area contributed by atoms with Crippen LogP contribution in [0.15, 0.2) is 66.7 Å². The summed E-state index contributed by atoms with van der Waals surface area (Å²) >= 11 is 12.4. The maximum atomic E-state index is 12.8. The molecule has 3 aromatic rings. The Morgan fingerprint density at radius 1 is 0.977 bits per heavy atom. The van der Waals surface area contributed by atoms with Crippen molar-refractivity contribution >= 4 is 35.1 Å². The molecule has 0 aromatic heterocycles. The molecule has 0 bridgehead atoms. The molecule has 1 saturated heterocycles. The van der Waals surface area contributed by atoms with Crippen LogP contribution in [0.4, 0.5) is 4.79 Å². The third kappa shape index (κ3) is 10.3. The summed E-state index contributed by atoms with van der Waals surface area (Å²) in [6.07, 6.45) is 6.67. The first-order valence-corrected chi connectivity index (χ1v) is 16.0. The van der Waals surface area contributed by atoms with E-state index < -0.39 is 6.09 Å². The van der Waals surface area contributed by atoms with Gasteiger partial charge in [-0.05, 0) is 117 Å². The second-order valence-corrected chi connectivity index (χ2v) is 12.2. The second kappa shape index (κ2) is 16.7. The Morgan fingerprint density at radius 2 is 1.74 bits per heavy atom. The molecule has 0 saturated carbocycles. The highest BCUT2D eigenvalue weighted by molar-refractivity contribution is 6.35. The average Bonchev–Trinajstić information content (AvgIpc) is 3.00. The van der Waals surface area contributed by atoms with E-state index in [-0.39, 0.29) is 5.78 Å². The summed E-state index contributed by atoms with van der Waals surface area (Å²) < 4.78 is 11.0. The summed E-state index contributed by atoms with van der Waals surface area (Å²) in [5.74, 6) is 1.53. The molecule has 6 nitrogen and oxygen atoms in total. The van der Waals surface area contributed by atoms with E-state index in [0.717, 1.165) is 64.6 Å². The van der Waals surface area contributed by atoms with Gasteiger partial charge in [0.05, 0.1) is 18.2 Å². The van der Waals surface area contributed by atoms with Gasteiger partial charge >= 0.3 is 6.09 Å². The lowest BCUT2D eigenvalue weighted by atomic mass is 9.88. The molecular formula is C35H42Cl2N2O4. The Kier molecular flexibility index (Phi) is 12.8. The number of ether oxygens (including phenoxy) is 2. The fourth-order valence-corrected chi connectivity index (χ4v) is 6.13. The van der Waals surface area contributed by atoms with Gasteiger partial charge in [-0.2, -0.15) is 0 Å². The lowest BCUT2D eigenvalue weighted by Crippen LogP contribution is -2.35. The molecule has 43 heavy (non-hydrogen) atoms. The van der Waals surface area contributed by atoms with Crippen LogP contribution < -0.4 is 10.5 Å². The lowest BCUT2D eigenvalue weighted by Gasteiger charge is -2.32. The van der Waals surface area contributed by atoms with Gasteiger partial charge in [-0.25, -0.2) is 4.79 Å². The number of halogens is 2. The normalized spacial score (nSPS) is 14.8. The van der Waals surface area contributed by atoms with E-state index >= 15 is 0 Å². The SMILES string of the molecule is CCCC(CCCCOC(N)=O)c1cccc(CN2CCC(COc3ccc(C(=O)c4ccc(Cl)cc4)c(Cl)c3)CC2)c1. The van der Waals surface area contributed by atoms with Gasteiger partial charge in [-0.1, -0.05) is 60.8 Å². The number of primary amides is 1. The molecule has 1 amide bonds. The number of rotatable bonds is 15. The third-order valence-corrected chi connectivity index (χ3v) is 8.71. The number of benzene rings is 3. The van der Waals surface area contributed by atoms with E-state index in [4.69, 9.17) is 38.4 Å². The fraction of sp³-hybridized carbons (Fsp3) is 0.429. The molecule has 3 aromatic carbocycles. The maximum absolute atomic E-state index is 12.8. The van der Waals surface area contributed by atoms with Crippen LogP contribution in [-0.4, -0.2) is 43.1 Å². The van der Waals surface area contributed by atoms with Crippen molar-refractivity contribution in [1.29, 1.82) is 0 Å². The monoisotopic (exact) mass is 624 g/mol. The molecule has 1 heterocycles. The van der Waals surface area contributed by atoms with Crippen LogP contribution in [0.25, 0.3) is 0 Å². The number of piperidine rings is 1. The van der Waals surface area contributed by atoms with Gasteiger partial charge in [0.2, 0.25) is 0 Å². The van der Waals surface area contributed by atoms with Gasteiger partial charge in [0.25, 0.3) is 0 Å². The Morgan fingerprint density at radius 3 is 2.44 bits per heavy atom. The van der Waals surface area contributed by atoms with Gasteiger partial charge in [0.15, 0.2) is 5.78 Å². The molecule has 2 N–H and O–H groups in total. The van der Waals surface area contributed by atoms with E-state index in [2.05, 4.69) is 36.1 Å². The molecule has 1 aliphatic heterocycles. The molecule has 1 unspecified atom stereocenters. The zero-order valence-electron chi connectivity index (χ0n) is 24.9. The van der Waals surface area contributed by atoms with Gasteiger partial charge in [0.1, 0.15) is 5.75 Å². The molecule has 0 radical (unpaired) electrons. The molecule has 4 rings (SSSR count). The number of carbonyl (C=O) groups is 2. The Balaban J connectivity index is 1.22. The highest BCUT2D eigenvalue weighted by Gasteiger charge is 2.21. The molecule has 1 atom stereocenters. The maximum Gasteiger partial charge on any atom is 0.404 e. The zero-order chi connectivity index (χ0) is 30.6. The molecule has 1 fully saturated rings. The van der Waals surface area contributed by atoms with Crippen LogP contribution in [0.5, 0.6) is 5.75 Å². The Labute approximate surface area is 265 Å². The van der Waals surface area contributed by atoms with Crippen LogP contribution in [0.3, 0.4) is 0 Å². The summed E-state index contributed by atoms with van der Waals surface area (Å²) in [5.41, 5.74) is 8.81. The summed E-state index contributed by atoms with van der Waals surface area (Å²) in [7, 11) is 0. The van der Waals surface area contributed by atoms with E-state index in [1.165, 1.54) is 11.1 Å². The van der Waals surface area contributed by atoms with E-state index in [1.807, 2.05) is 6.07 Å². The first kappa shape index (κ1) is 32.8. The summed E-state index contributed by atoms with van der Waals surface area (Å²) in [5, 5.41) is 0.967. The number of hydrogen-bond acceptors (Lipinski definition) is 5. The number of carbonyl (C=O) groups excluding carboxylic acids is 2. The minimum absolute atomic E-state index is 0.140. The minimum atomic E-state index is -0.700. The summed E-state index contributed by atoms with van der Waals surface area (Å²) in [6.45, 7) is 6.27. The topological polar surface area (TPSA) is 81.9 Å². The number of nitrogens with zero attached hydrogens (tertiary/aromatic N) is 1. The number of unbranched alkanes of at least 4 members (excludes halogenated alkanes) is 1. The van der Waals surface area contributed by atoms with Crippen molar-refractivity contribution in [3.8, 4) is 5.75 Å². The molecule has 1 aliphatic rings. The van der Waals surface area contributed by atoms with Crippen LogP contribution >= 0.6 is 23.2 Å². The average molecular weight is 626 g/mol. The van der Waals surface area contributed by atoms with Gasteiger partial charge in [-0.3, -0.25) is 9.69 Å². The second-order valence-electron chi connectivity index (χ2n) is 11.4. The van der Waals surface area contributed by atoms with Gasteiger partial charge in [0, 0.05) is 22.7 Å². The van der Waals surface area contributed by atoms with Crippen LogP contribution in [-0.2, 0) is 11.3 Å². The van der Waals surface area contributed by atoms with Crippen molar-refractivity contribution < 1.29 is 19.1 Å². The standard InChI is InChI=1S/C35H42Cl2N2O4/c1-2-6-27(8-3-4-20-42-35(38)41)29-9-5-7-26(21-29)23-39-18-16-25(17-19-39)24-43-31-14-15-32(33(37)22-31)34(40)28-10-12-30(36)13-11-28/h5,7,9-15,21-22,25,27H,2-4,6,8,16-20,23-24H2,1H3,(H2,38,41). The minimum Gasteiger partial charge on any atom is -0.493 e. The van der Waals surface area contributed by atoms with Crippen LogP contribution in [0, 0.1) is 5.92 Å². The molecule has 230 valence electrons. The number of ketones is 1. The van der Waals surface area contributed by atoms with E-state index in [1.54, 1.807) is 36.4 Å². The van der Waals surface area contributed by atoms with Gasteiger partial charge in [-0.15, -0.1) is 0 Å². The zero-order valence-corrected chi connectivity index (χ0v) is 26.4. The highest BCUT2D eigenvalue weighted by Crippen LogP contribution is 2.30. The number of likely N-dealkylation sites (tertiary alicyclic amines) is 1. The first-order chi connectivity index (χ1) is 20.8. The summed E-state index contributed by atoms with van der Waals surface area (Å²) in [4.78, 5) is 26.1. The fourth-order valence-electron chi connectivity index (χ4n) is 5.75. The van der Waals surface area contributed by atoms with Crippen molar-refractivity contribution in [2.24, 2.45) is 11.7 Å². The number of nitrogens with two attached hydrogens (primary N) is 1. The first-order valence-electron chi connectivity index (χ1n) is 15.3. The van der Waals surface area contributed by atoms with E-state index in [0.29, 0.717) is 52.0 Å². The van der Waals surface area contributed by atoms with Crippen molar-refractivity contribution in [3.63, 3.8) is 0 Å². The van der Waals surface area contributed by atoms with E-state index in [9.17, 15) is 9.59 Å². The van der Waals surface area contributed by atoms with Crippen LogP contribution in [0.1, 0.15) is 84.8 Å². The molecule has 0 spiro atoms. The summed E-state index contributed by atoms with van der Waals surface area (Å²) in [6, 6.07) is 21.1. The largest absolute Gasteiger partial charge is 0.493 e. The quantitative estimate of drug-likeness (QED) is 0.135. The predicted octanol–water partition coefficient (Wildman–Crippen LogP) is 8.66. The third-order valence-electron chi connectivity index (χ3n) is 8.14. The predicted molar refractivity (Wildman–Crippen MR) is 173 cm³/mol. The Hall–Kier alpha value is -3.06. The molecular weight excluding hydrogens is 583 g/mol. The van der Waals surface area contributed by atoms with Crippen molar-refractivity contribution in [1.82, 2.24) is 4.90 Å². The van der Waals surface area contributed by atoms with Crippen molar-refractivity contribution in [2.75, 3.05) is 26.3 Å². The lowest BCUT2D eigenvalue weighted by molar-refractivity contribution is 0.103. The highest BCUT2D eigenvalue weighted by atomic mass is 35.5.